The van der Waals surface area contributed by atoms with Crippen LogP contribution in [0.5, 0.6) is 0 Å². The molecule has 1 aromatic carbocycles. The van der Waals surface area contributed by atoms with Gasteiger partial charge in [0.2, 0.25) is 14.9 Å². The fourth-order valence-electron chi connectivity index (χ4n) is 2.87. The van der Waals surface area contributed by atoms with Gasteiger partial charge in [-0.1, -0.05) is 23.7 Å². The van der Waals surface area contributed by atoms with E-state index >= 15 is 0 Å². The standard InChI is InChI=1S/C17H20ClNO4S/c1-24(20,21)16-7-6-15(23-16)11-19-17(8-9-22-12-17)10-13-2-4-14(18)5-3-13/h2-7,19H,8-12H2,1H3. The second-order valence-electron chi connectivity index (χ2n) is 6.23. The lowest BCUT2D eigenvalue weighted by Gasteiger charge is -2.29. The predicted molar refractivity (Wildman–Crippen MR) is 92.0 cm³/mol. The van der Waals surface area contributed by atoms with Crippen LogP contribution >= 0.6 is 11.6 Å². The highest BCUT2D eigenvalue weighted by Gasteiger charge is 2.34. The first-order valence-electron chi connectivity index (χ1n) is 7.72. The maximum Gasteiger partial charge on any atom is 0.217 e. The van der Waals surface area contributed by atoms with Crippen LogP contribution in [0.1, 0.15) is 17.7 Å². The second-order valence-corrected chi connectivity index (χ2v) is 8.62. The van der Waals surface area contributed by atoms with Gasteiger partial charge in [-0.2, -0.15) is 0 Å². The molecule has 0 bridgehead atoms. The molecule has 1 aromatic heterocycles. The van der Waals surface area contributed by atoms with Gasteiger partial charge in [0.05, 0.1) is 13.2 Å². The van der Waals surface area contributed by atoms with Gasteiger partial charge in [-0.3, -0.25) is 0 Å². The number of halogens is 1. The normalized spacial score (nSPS) is 21.2. The van der Waals surface area contributed by atoms with E-state index in [-0.39, 0.29) is 10.6 Å². The highest BCUT2D eigenvalue weighted by molar-refractivity contribution is 7.90. The molecule has 24 heavy (non-hydrogen) atoms. The lowest BCUT2D eigenvalue weighted by Crippen LogP contribution is -2.47. The molecular formula is C17H20ClNO4S. The second kappa shape index (κ2) is 6.88. The van der Waals surface area contributed by atoms with E-state index in [1.807, 2.05) is 24.3 Å². The van der Waals surface area contributed by atoms with Crippen molar-refractivity contribution in [2.45, 2.75) is 30.0 Å². The Morgan fingerprint density at radius 3 is 2.54 bits per heavy atom. The first-order valence-corrected chi connectivity index (χ1v) is 9.99. The molecule has 1 fully saturated rings. The monoisotopic (exact) mass is 369 g/mol. The van der Waals surface area contributed by atoms with Crippen molar-refractivity contribution >= 4 is 21.4 Å². The molecule has 1 aliphatic heterocycles. The first-order chi connectivity index (χ1) is 11.4. The van der Waals surface area contributed by atoms with Crippen molar-refractivity contribution in [2.75, 3.05) is 19.5 Å². The molecule has 2 aromatic rings. The van der Waals surface area contributed by atoms with Crippen LogP contribution in [0, 0.1) is 0 Å². The fourth-order valence-corrected chi connectivity index (χ4v) is 3.57. The summed E-state index contributed by atoms with van der Waals surface area (Å²) in [5, 5.41) is 4.20. The van der Waals surface area contributed by atoms with E-state index in [2.05, 4.69) is 5.32 Å². The average Bonchev–Trinajstić information content (AvgIpc) is 3.17. The number of benzene rings is 1. The maximum atomic E-state index is 11.5. The number of nitrogens with one attached hydrogen (secondary N) is 1. The Bertz CT molecular complexity index is 792. The van der Waals surface area contributed by atoms with Gasteiger partial charge in [-0.15, -0.1) is 0 Å². The number of hydrogen-bond acceptors (Lipinski definition) is 5. The van der Waals surface area contributed by atoms with Crippen molar-refractivity contribution in [3.63, 3.8) is 0 Å². The molecule has 7 heteroatoms. The minimum atomic E-state index is -3.32. The van der Waals surface area contributed by atoms with E-state index in [9.17, 15) is 8.42 Å². The third-order valence-corrected chi connectivity index (χ3v) is 5.40. The van der Waals surface area contributed by atoms with Crippen LogP contribution in [0.4, 0.5) is 0 Å². The minimum Gasteiger partial charge on any atom is -0.448 e. The highest BCUT2D eigenvalue weighted by Crippen LogP contribution is 2.25. The SMILES string of the molecule is CS(=O)(=O)c1ccc(CNC2(Cc3ccc(Cl)cc3)CCOC2)o1. The smallest absolute Gasteiger partial charge is 0.217 e. The van der Waals surface area contributed by atoms with E-state index in [0.717, 1.165) is 19.1 Å². The molecule has 0 amide bonds. The summed E-state index contributed by atoms with van der Waals surface area (Å²) in [6.45, 7) is 1.76. The highest BCUT2D eigenvalue weighted by atomic mass is 35.5. The zero-order chi connectivity index (χ0) is 17.2. The summed E-state index contributed by atoms with van der Waals surface area (Å²) in [5.74, 6) is 0.595. The van der Waals surface area contributed by atoms with Crippen LogP contribution in [0.15, 0.2) is 45.9 Å². The number of rotatable bonds is 6. The van der Waals surface area contributed by atoms with Crippen LogP contribution in [0.2, 0.25) is 5.02 Å². The van der Waals surface area contributed by atoms with Crippen molar-refractivity contribution in [3.8, 4) is 0 Å². The molecular weight excluding hydrogens is 350 g/mol. The minimum absolute atomic E-state index is 0.00581. The quantitative estimate of drug-likeness (QED) is 0.848. The summed E-state index contributed by atoms with van der Waals surface area (Å²) in [7, 11) is -3.32. The lowest BCUT2D eigenvalue weighted by molar-refractivity contribution is 0.164. The molecule has 0 saturated carbocycles. The summed E-state index contributed by atoms with van der Waals surface area (Å²) in [6, 6.07) is 11.0. The Morgan fingerprint density at radius 1 is 1.21 bits per heavy atom. The lowest BCUT2D eigenvalue weighted by atomic mass is 9.90. The van der Waals surface area contributed by atoms with E-state index in [0.29, 0.717) is 30.5 Å². The third kappa shape index (κ3) is 4.19. The molecule has 1 unspecified atom stereocenters. The van der Waals surface area contributed by atoms with Crippen molar-refractivity contribution in [1.29, 1.82) is 0 Å². The summed E-state index contributed by atoms with van der Waals surface area (Å²) in [6.07, 6.45) is 2.83. The van der Waals surface area contributed by atoms with E-state index < -0.39 is 9.84 Å². The van der Waals surface area contributed by atoms with Gasteiger partial charge in [-0.05, 0) is 42.7 Å². The van der Waals surface area contributed by atoms with Gasteiger partial charge < -0.3 is 14.5 Å². The number of sulfone groups is 1. The zero-order valence-electron chi connectivity index (χ0n) is 13.4. The molecule has 130 valence electrons. The molecule has 5 nitrogen and oxygen atoms in total. The van der Waals surface area contributed by atoms with Crippen LogP contribution in [0.25, 0.3) is 0 Å². The van der Waals surface area contributed by atoms with E-state index in [1.165, 1.54) is 11.6 Å². The number of furan rings is 1. The Morgan fingerprint density at radius 2 is 1.96 bits per heavy atom. The largest absolute Gasteiger partial charge is 0.448 e. The number of hydrogen-bond donors (Lipinski definition) is 1. The molecule has 0 radical (unpaired) electrons. The zero-order valence-corrected chi connectivity index (χ0v) is 15.0. The summed E-state index contributed by atoms with van der Waals surface area (Å²) < 4.78 is 34.0. The van der Waals surface area contributed by atoms with E-state index in [4.69, 9.17) is 20.8 Å². The van der Waals surface area contributed by atoms with Crippen molar-refractivity contribution in [1.82, 2.24) is 5.32 Å². The maximum absolute atomic E-state index is 11.5. The van der Waals surface area contributed by atoms with Gasteiger partial charge in [-0.25, -0.2) is 8.42 Å². The van der Waals surface area contributed by atoms with Gasteiger partial charge in [0.15, 0.2) is 0 Å². The molecule has 0 aliphatic carbocycles. The van der Waals surface area contributed by atoms with Gasteiger partial charge in [0.1, 0.15) is 5.76 Å². The molecule has 2 heterocycles. The van der Waals surface area contributed by atoms with Crippen LogP contribution in [-0.2, 0) is 27.5 Å². The molecule has 1 saturated heterocycles. The van der Waals surface area contributed by atoms with Gasteiger partial charge in [0, 0.05) is 23.4 Å². The Hall–Kier alpha value is -1.34. The van der Waals surface area contributed by atoms with Crippen molar-refractivity contribution < 1.29 is 17.6 Å². The molecule has 0 spiro atoms. The van der Waals surface area contributed by atoms with Gasteiger partial charge >= 0.3 is 0 Å². The van der Waals surface area contributed by atoms with Crippen molar-refractivity contribution in [3.05, 3.63) is 52.7 Å². The summed E-state index contributed by atoms with van der Waals surface area (Å²) in [4.78, 5) is 0. The van der Waals surface area contributed by atoms with Crippen LogP contribution in [0.3, 0.4) is 0 Å². The summed E-state index contributed by atoms with van der Waals surface area (Å²) in [5.41, 5.74) is 0.986. The topological polar surface area (TPSA) is 68.5 Å². The molecule has 1 aliphatic rings. The predicted octanol–water partition coefficient (Wildman–Crippen LogP) is 2.83. The fraction of sp³-hybridized carbons (Fsp3) is 0.412. The summed E-state index contributed by atoms with van der Waals surface area (Å²) >= 11 is 5.94. The Balaban J connectivity index is 1.70. The molecule has 1 atom stereocenters. The molecule has 1 N–H and O–H groups in total. The number of ether oxygens (including phenoxy) is 1. The van der Waals surface area contributed by atoms with E-state index in [1.54, 1.807) is 6.07 Å². The average molecular weight is 370 g/mol. The van der Waals surface area contributed by atoms with Crippen molar-refractivity contribution in [2.24, 2.45) is 0 Å². The van der Waals surface area contributed by atoms with Gasteiger partial charge in [0.25, 0.3) is 0 Å². The Kier molecular flexibility index (Phi) is 5.01. The Labute approximate surface area is 146 Å². The third-order valence-electron chi connectivity index (χ3n) is 4.20. The first kappa shape index (κ1) is 17.5. The van der Waals surface area contributed by atoms with Crippen LogP contribution < -0.4 is 5.32 Å². The van der Waals surface area contributed by atoms with Crippen LogP contribution in [-0.4, -0.2) is 33.4 Å². The molecule has 3 rings (SSSR count).